The largest absolute Gasteiger partial charge is 0.507 e. The molecule has 0 heterocycles. The number of phenolic OH excluding ortho intramolecular Hbond substituents is 1. The summed E-state index contributed by atoms with van der Waals surface area (Å²) in [6, 6.07) is 7.66. The van der Waals surface area contributed by atoms with E-state index in [0.29, 0.717) is 27.8 Å². The molecule has 24 heavy (non-hydrogen) atoms. The smallest absolute Gasteiger partial charge is 0.189 e. The zero-order valence-electron chi connectivity index (χ0n) is 13.5. The number of halogens is 1. The van der Waals surface area contributed by atoms with Gasteiger partial charge in [-0.05, 0) is 36.4 Å². The van der Waals surface area contributed by atoms with Gasteiger partial charge < -0.3 is 19.3 Å². The van der Waals surface area contributed by atoms with Crippen LogP contribution in [0.25, 0.3) is 6.08 Å². The molecule has 0 aliphatic carbocycles. The predicted octanol–water partition coefficient (Wildman–Crippen LogP) is 3.97. The first-order valence-corrected chi connectivity index (χ1v) is 7.39. The second kappa shape index (κ2) is 7.75. The molecule has 0 bridgehead atoms. The maximum atomic E-state index is 12.3. The molecule has 126 valence electrons. The summed E-state index contributed by atoms with van der Waals surface area (Å²) in [5.41, 5.74) is 0.753. The van der Waals surface area contributed by atoms with E-state index in [1.807, 2.05) is 0 Å². The Morgan fingerprint density at radius 1 is 1.00 bits per heavy atom. The zero-order valence-corrected chi connectivity index (χ0v) is 14.3. The van der Waals surface area contributed by atoms with Crippen molar-refractivity contribution < 1.29 is 24.1 Å². The summed E-state index contributed by atoms with van der Waals surface area (Å²) in [7, 11) is 4.56. The molecule has 0 unspecified atom stereocenters. The Kier molecular flexibility index (Phi) is 5.71. The number of rotatable bonds is 6. The molecule has 2 rings (SSSR count). The number of carbonyl (C=O) groups is 1. The number of benzene rings is 2. The first-order chi connectivity index (χ1) is 11.5. The van der Waals surface area contributed by atoms with Gasteiger partial charge in [0.2, 0.25) is 0 Å². The van der Waals surface area contributed by atoms with E-state index < -0.39 is 0 Å². The van der Waals surface area contributed by atoms with Gasteiger partial charge in [0, 0.05) is 16.7 Å². The Hall–Kier alpha value is -2.66. The minimum Gasteiger partial charge on any atom is -0.507 e. The van der Waals surface area contributed by atoms with Crippen LogP contribution in [0, 0.1) is 0 Å². The Labute approximate surface area is 145 Å². The van der Waals surface area contributed by atoms with Gasteiger partial charge in [0.25, 0.3) is 0 Å². The average molecular weight is 349 g/mol. The number of phenols is 1. The molecular weight excluding hydrogens is 332 g/mol. The third-order valence-electron chi connectivity index (χ3n) is 3.37. The molecule has 5 nitrogen and oxygen atoms in total. The first kappa shape index (κ1) is 17.7. The maximum Gasteiger partial charge on any atom is 0.189 e. The van der Waals surface area contributed by atoms with Gasteiger partial charge in [0.1, 0.15) is 11.5 Å². The SMILES string of the molecule is COc1cc(OC)c(OC)cc1/C=C/C(=O)c1cc(Cl)ccc1O. The summed E-state index contributed by atoms with van der Waals surface area (Å²) in [4.78, 5) is 12.3. The second-order valence-corrected chi connectivity index (χ2v) is 5.24. The predicted molar refractivity (Wildman–Crippen MR) is 92.6 cm³/mol. The van der Waals surface area contributed by atoms with Crippen molar-refractivity contribution in [2.75, 3.05) is 21.3 Å². The minimum absolute atomic E-state index is 0.123. The van der Waals surface area contributed by atoms with Crippen LogP contribution in [-0.4, -0.2) is 32.2 Å². The van der Waals surface area contributed by atoms with E-state index in [2.05, 4.69) is 0 Å². The molecule has 0 fully saturated rings. The number of hydrogen-bond donors (Lipinski definition) is 1. The van der Waals surface area contributed by atoms with Gasteiger partial charge in [-0.3, -0.25) is 4.79 Å². The second-order valence-electron chi connectivity index (χ2n) is 4.81. The molecule has 0 radical (unpaired) electrons. The highest BCUT2D eigenvalue weighted by Crippen LogP contribution is 2.35. The van der Waals surface area contributed by atoms with E-state index in [1.54, 1.807) is 18.2 Å². The summed E-state index contributed by atoms with van der Waals surface area (Å²) < 4.78 is 15.8. The number of ketones is 1. The lowest BCUT2D eigenvalue weighted by Crippen LogP contribution is -1.96. The number of aromatic hydroxyl groups is 1. The van der Waals surface area contributed by atoms with E-state index in [9.17, 15) is 9.90 Å². The summed E-state index contributed by atoms with van der Waals surface area (Å²) in [5.74, 6) is 1.04. The molecule has 0 aliphatic heterocycles. The lowest BCUT2D eigenvalue weighted by molar-refractivity contribution is 0.104. The van der Waals surface area contributed by atoms with E-state index in [-0.39, 0.29) is 17.1 Å². The van der Waals surface area contributed by atoms with Crippen molar-refractivity contribution in [2.24, 2.45) is 0 Å². The van der Waals surface area contributed by atoms with Gasteiger partial charge in [0.15, 0.2) is 17.3 Å². The number of hydrogen-bond acceptors (Lipinski definition) is 5. The van der Waals surface area contributed by atoms with Crippen LogP contribution in [0.2, 0.25) is 5.02 Å². The van der Waals surface area contributed by atoms with Gasteiger partial charge in [-0.1, -0.05) is 11.6 Å². The van der Waals surface area contributed by atoms with Crippen molar-refractivity contribution in [3.63, 3.8) is 0 Å². The standard InChI is InChI=1S/C18H17ClO5/c1-22-16-10-18(24-3)17(23-2)8-11(16)4-6-14(20)13-9-12(19)5-7-15(13)21/h4-10,21H,1-3H3/b6-4+. The molecule has 1 N–H and O–H groups in total. The fraction of sp³-hybridized carbons (Fsp3) is 0.167. The molecule has 2 aromatic carbocycles. The van der Waals surface area contributed by atoms with Crippen LogP contribution < -0.4 is 14.2 Å². The van der Waals surface area contributed by atoms with Gasteiger partial charge >= 0.3 is 0 Å². The van der Waals surface area contributed by atoms with Crippen LogP contribution >= 0.6 is 11.6 Å². The number of methoxy groups -OCH3 is 3. The Morgan fingerprint density at radius 2 is 1.62 bits per heavy atom. The number of carbonyl (C=O) groups excluding carboxylic acids is 1. The molecule has 0 saturated heterocycles. The first-order valence-electron chi connectivity index (χ1n) is 7.01. The Bertz CT molecular complexity index is 783. The molecule has 6 heteroatoms. The van der Waals surface area contributed by atoms with Crippen LogP contribution in [0.1, 0.15) is 15.9 Å². The molecule has 0 aromatic heterocycles. The molecule has 0 aliphatic rings. The van der Waals surface area contributed by atoms with Crippen molar-refractivity contribution in [3.8, 4) is 23.0 Å². The monoisotopic (exact) mass is 348 g/mol. The van der Waals surface area contributed by atoms with Gasteiger partial charge in [-0.2, -0.15) is 0 Å². The number of ether oxygens (including phenoxy) is 3. The van der Waals surface area contributed by atoms with E-state index in [1.165, 1.54) is 45.6 Å². The van der Waals surface area contributed by atoms with Crippen LogP contribution in [0.3, 0.4) is 0 Å². The van der Waals surface area contributed by atoms with Crippen molar-refractivity contribution in [1.82, 2.24) is 0 Å². The third-order valence-corrected chi connectivity index (χ3v) is 3.61. The van der Waals surface area contributed by atoms with Crippen molar-refractivity contribution in [3.05, 3.63) is 52.6 Å². The molecular formula is C18H17ClO5. The molecule has 2 aromatic rings. The van der Waals surface area contributed by atoms with E-state index >= 15 is 0 Å². The fourth-order valence-corrected chi connectivity index (χ4v) is 2.32. The highest BCUT2D eigenvalue weighted by Gasteiger charge is 2.12. The van der Waals surface area contributed by atoms with Crippen molar-refractivity contribution in [2.45, 2.75) is 0 Å². The van der Waals surface area contributed by atoms with Crippen LogP contribution in [0.15, 0.2) is 36.4 Å². The van der Waals surface area contributed by atoms with Gasteiger partial charge in [-0.25, -0.2) is 0 Å². The van der Waals surface area contributed by atoms with E-state index in [4.69, 9.17) is 25.8 Å². The maximum absolute atomic E-state index is 12.3. The Balaban J connectivity index is 2.37. The summed E-state index contributed by atoms with van der Waals surface area (Å²) in [5, 5.41) is 10.1. The number of allylic oxidation sites excluding steroid dienone is 1. The van der Waals surface area contributed by atoms with Gasteiger partial charge in [0.05, 0.1) is 26.9 Å². The van der Waals surface area contributed by atoms with Crippen molar-refractivity contribution >= 4 is 23.5 Å². The topological polar surface area (TPSA) is 65.0 Å². The van der Waals surface area contributed by atoms with Crippen molar-refractivity contribution in [1.29, 1.82) is 0 Å². The quantitative estimate of drug-likeness (QED) is 0.632. The van der Waals surface area contributed by atoms with Gasteiger partial charge in [-0.15, -0.1) is 0 Å². The molecule has 0 saturated carbocycles. The summed E-state index contributed by atoms with van der Waals surface area (Å²) >= 11 is 5.86. The third kappa shape index (κ3) is 3.81. The van der Waals surface area contributed by atoms with E-state index in [0.717, 1.165) is 0 Å². The molecule has 0 atom stereocenters. The highest BCUT2D eigenvalue weighted by atomic mass is 35.5. The molecule has 0 amide bonds. The normalized spacial score (nSPS) is 10.7. The average Bonchev–Trinajstić information content (AvgIpc) is 2.60. The minimum atomic E-state index is -0.383. The summed E-state index contributed by atoms with van der Waals surface area (Å²) in [6.07, 6.45) is 2.90. The highest BCUT2D eigenvalue weighted by molar-refractivity contribution is 6.31. The van der Waals surface area contributed by atoms with Crippen LogP contribution in [0.4, 0.5) is 0 Å². The Morgan fingerprint density at radius 3 is 2.25 bits per heavy atom. The lowest BCUT2D eigenvalue weighted by atomic mass is 10.1. The van der Waals surface area contributed by atoms with Crippen LogP contribution in [-0.2, 0) is 0 Å². The summed E-state index contributed by atoms with van der Waals surface area (Å²) in [6.45, 7) is 0. The molecule has 0 spiro atoms. The fourth-order valence-electron chi connectivity index (χ4n) is 2.14. The lowest BCUT2D eigenvalue weighted by Gasteiger charge is -2.12. The zero-order chi connectivity index (χ0) is 17.7. The van der Waals surface area contributed by atoms with Crippen LogP contribution in [0.5, 0.6) is 23.0 Å².